The lowest BCUT2D eigenvalue weighted by molar-refractivity contribution is 0.666. The molecule has 0 atom stereocenters. The largest absolute Gasteiger partial charge is 0.456 e. The number of aromatic nitrogens is 4. The minimum absolute atomic E-state index is 0.855. The summed E-state index contributed by atoms with van der Waals surface area (Å²) in [5, 5.41) is 18.8. The van der Waals surface area contributed by atoms with Crippen molar-refractivity contribution in [1.29, 1.82) is 0 Å². The highest BCUT2D eigenvalue weighted by Crippen LogP contribution is 2.44. The van der Waals surface area contributed by atoms with Crippen LogP contribution in [0.3, 0.4) is 0 Å². The number of hydrogen-bond acceptors (Lipinski definition) is 6. The van der Waals surface area contributed by atoms with Gasteiger partial charge in [0, 0.05) is 74.0 Å². The molecule has 22 aromatic rings. The van der Waals surface area contributed by atoms with E-state index < -0.39 is 0 Å². The van der Waals surface area contributed by atoms with E-state index in [1.165, 1.54) is 80.5 Å². The first-order chi connectivity index (χ1) is 46.5. The summed E-state index contributed by atoms with van der Waals surface area (Å²) in [5.74, 6) is 0. The van der Waals surface area contributed by atoms with Crippen LogP contribution in [0.25, 0.3) is 207 Å². The smallest absolute Gasteiger partial charge is 0.152 e. The van der Waals surface area contributed by atoms with Gasteiger partial charge in [-0.15, -0.1) is 11.3 Å². The summed E-state index contributed by atoms with van der Waals surface area (Å²) in [4.78, 5) is 10.4. The van der Waals surface area contributed by atoms with Crippen LogP contribution in [0.5, 0.6) is 0 Å². The fourth-order valence-corrected chi connectivity index (χ4v) is 16.3. The minimum Gasteiger partial charge on any atom is -0.456 e. The van der Waals surface area contributed by atoms with Gasteiger partial charge in [-0.25, -0.2) is 9.97 Å². The molecule has 8 aromatic heterocycles. The SMILES string of the molecule is c1cc(-c2ccc3c(c2)oc2ccccc23)cc(-c2ccc3c(c2)c2ccccc2c2nc4cc5c(cn4c32)oc2ccccc25)c1.c1cc(-c2ccc3c(c2)sc2ccccc23)cc(-c2ccc3c(c2)c2ccccc2c2nc4cc5c(cn4c32)oc2ccccc25)c1. The zero-order valence-corrected chi connectivity index (χ0v) is 51.0. The molecule has 0 unspecified atom stereocenters. The Labute approximate surface area is 538 Å². The van der Waals surface area contributed by atoms with Gasteiger partial charge in [-0.1, -0.05) is 200 Å². The second kappa shape index (κ2) is 19.6. The Morgan fingerprint density at radius 2 is 0.585 bits per heavy atom. The third-order valence-corrected chi connectivity index (χ3v) is 20.7. The number of rotatable bonds is 4. The van der Waals surface area contributed by atoms with E-state index >= 15 is 0 Å². The van der Waals surface area contributed by atoms with Gasteiger partial charge in [-0.3, -0.25) is 8.80 Å². The van der Waals surface area contributed by atoms with Crippen molar-refractivity contribution in [3.05, 3.63) is 291 Å². The molecule has 0 spiro atoms. The molecule has 0 saturated carbocycles. The molecule has 0 saturated heterocycles. The number of furan rings is 3. The molecule has 7 nitrogen and oxygen atoms in total. The summed E-state index contributed by atoms with van der Waals surface area (Å²) in [6, 6.07) is 99.7. The van der Waals surface area contributed by atoms with E-state index in [0.717, 1.165) is 126 Å². The van der Waals surface area contributed by atoms with Crippen molar-refractivity contribution in [2.24, 2.45) is 0 Å². The molecule has 14 aromatic carbocycles. The van der Waals surface area contributed by atoms with Gasteiger partial charge < -0.3 is 13.3 Å². The maximum absolute atomic E-state index is 6.29. The molecule has 22 rings (SSSR count). The number of hydrogen-bond donors (Lipinski definition) is 0. The topological polar surface area (TPSA) is 74.0 Å². The van der Waals surface area contributed by atoms with Crippen molar-refractivity contribution in [2.75, 3.05) is 0 Å². The van der Waals surface area contributed by atoms with Gasteiger partial charge in [0.25, 0.3) is 0 Å². The van der Waals surface area contributed by atoms with Crippen molar-refractivity contribution >= 4 is 174 Å². The van der Waals surface area contributed by atoms with E-state index in [4.69, 9.17) is 23.2 Å². The van der Waals surface area contributed by atoms with Crippen molar-refractivity contribution in [2.45, 2.75) is 0 Å². The van der Waals surface area contributed by atoms with Crippen LogP contribution in [0.15, 0.2) is 305 Å². The van der Waals surface area contributed by atoms with E-state index in [0.29, 0.717) is 0 Å². The number of pyridine rings is 2. The first-order valence-corrected chi connectivity index (χ1v) is 32.5. The van der Waals surface area contributed by atoms with Crippen LogP contribution < -0.4 is 0 Å². The first-order valence-electron chi connectivity index (χ1n) is 31.7. The summed E-state index contributed by atoms with van der Waals surface area (Å²) in [6.07, 6.45) is 4.21. The monoisotopic (exact) mass is 1220 g/mol. The third-order valence-electron chi connectivity index (χ3n) is 19.6. The normalized spacial score (nSPS) is 12.3. The Bertz CT molecular complexity index is 6590. The molecule has 0 aliphatic carbocycles. The highest BCUT2D eigenvalue weighted by atomic mass is 32.1. The predicted octanol–water partition coefficient (Wildman–Crippen LogP) is 24.3. The van der Waals surface area contributed by atoms with Crippen LogP contribution in [0.4, 0.5) is 0 Å². The molecule has 0 bridgehead atoms. The first kappa shape index (κ1) is 51.4. The van der Waals surface area contributed by atoms with Gasteiger partial charge in [0.1, 0.15) is 33.6 Å². The number of nitrogens with zero attached hydrogens (tertiary/aromatic N) is 4. The van der Waals surface area contributed by atoms with Crippen LogP contribution in [0.1, 0.15) is 0 Å². The second-order valence-corrected chi connectivity index (χ2v) is 25.8. The number of fused-ring (bicyclic) bond motifs is 28. The standard InChI is InChI=1S/C43H24N2O2.C43H24N2OS/c1-2-13-33-29(10-1)35-21-27(25-8-7-9-26(20-25)28-16-18-32-30-11-3-5-14-37(30)46-39(32)22-28)17-19-34(35)43-42(33)44-41-23-36-31-12-4-6-15-38(31)47-40(36)24-45(41)43;1-2-13-33-29(10-1)35-21-27(25-8-7-9-26(20-25)28-16-18-32-31-12-4-6-15-39(31)47-40(32)22-28)17-19-34(35)43-42(33)44-41-23-36-30-11-3-5-14-37(30)46-38(36)24-45(41)43/h2*1-24H. The summed E-state index contributed by atoms with van der Waals surface area (Å²) >= 11 is 1.86. The zero-order valence-electron chi connectivity index (χ0n) is 50.1. The summed E-state index contributed by atoms with van der Waals surface area (Å²) < 4.78 is 25.8. The van der Waals surface area contributed by atoms with Crippen molar-refractivity contribution in [1.82, 2.24) is 18.8 Å². The third kappa shape index (κ3) is 7.66. The van der Waals surface area contributed by atoms with Crippen molar-refractivity contribution < 1.29 is 13.3 Å². The van der Waals surface area contributed by atoms with E-state index in [9.17, 15) is 0 Å². The maximum Gasteiger partial charge on any atom is 0.152 e. The van der Waals surface area contributed by atoms with E-state index in [-0.39, 0.29) is 0 Å². The number of benzene rings is 14. The highest BCUT2D eigenvalue weighted by Gasteiger charge is 2.21. The summed E-state index contributed by atoms with van der Waals surface area (Å²) in [7, 11) is 0. The molecule has 0 N–H and O–H groups in total. The van der Waals surface area contributed by atoms with E-state index in [1.54, 1.807) is 0 Å². The van der Waals surface area contributed by atoms with Crippen molar-refractivity contribution in [3.63, 3.8) is 0 Å². The number of para-hydroxylation sites is 3. The van der Waals surface area contributed by atoms with E-state index in [2.05, 4.69) is 264 Å². The van der Waals surface area contributed by atoms with Crippen LogP contribution in [0, 0.1) is 0 Å². The maximum atomic E-state index is 6.29. The Morgan fingerprint density at radius 3 is 1.10 bits per heavy atom. The van der Waals surface area contributed by atoms with Crippen LogP contribution in [0.2, 0.25) is 0 Å². The fourth-order valence-electron chi connectivity index (χ4n) is 15.1. The molecule has 0 aliphatic heterocycles. The highest BCUT2D eigenvalue weighted by molar-refractivity contribution is 7.25. The molecule has 0 amide bonds. The Kier molecular flexibility index (Phi) is 10.7. The minimum atomic E-state index is 0.855. The number of imidazole rings is 2. The average Bonchev–Trinajstić information content (AvgIpc) is 1.52. The molecule has 0 aliphatic rings. The lowest BCUT2D eigenvalue weighted by atomic mass is 9.94. The quantitative estimate of drug-likeness (QED) is 0.164. The molecule has 0 fully saturated rings. The van der Waals surface area contributed by atoms with Crippen LogP contribution >= 0.6 is 11.3 Å². The lowest BCUT2D eigenvalue weighted by Gasteiger charge is -2.11. The molecular weight excluding hydrogens is 1170 g/mol. The molecule has 0 radical (unpaired) electrons. The van der Waals surface area contributed by atoms with Gasteiger partial charge in [-0.2, -0.15) is 0 Å². The van der Waals surface area contributed by atoms with E-state index in [1.807, 2.05) is 47.7 Å². The van der Waals surface area contributed by atoms with Crippen LogP contribution in [-0.2, 0) is 0 Å². The predicted molar refractivity (Wildman–Crippen MR) is 392 cm³/mol. The van der Waals surface area contributed by atoms with Gasteiger partial charge in [-0.05, 0) is 145 Å². The van der Waals surface area contributed by atoms with Gasteiger partial charge in [0.2, 0.25) is 0 Å². The Hall–Kier alpha value is -12.4. The summed E-state index contributed by atoms with van der Waals surface area (Å²) in [5.41, 5.74) is 20.8. The summed E-state index contributed by atoms with van der Waals surface area (Å²) in [6.45, 7) is 0. The fraction of sp³-hybridized carbons (Fsp3) is 0. The molecule has 8 heteroatoms. The average molecular weight is 1220 g/mol. The number of thiophene rings is 1. The molecule has 436 valence electrons. The zero-order chi connectivity index (χ0) is 61.3. The van der Waals surface area contributed by atoms with Gasteiger partial charge in [0.05, 0.1) is 34.5 Å². The second-order valence-electron chi connectivity index (χ2n) is 24.8. The Morgan fingerprint density at radius 1 is 0.223 bits per heavy atom. The molecule has 8 heterocycles. The molecule has 94 heavy (non-hydrogen) atoms. The van der Waals surface area contributed by atoms with Gasteiger partial charge >= 0.3 is 0 Å². The van der Waals surface area contributed by atoms with Gasteiger partial charge in [0.15, 0.2) is 11.2 Å². The lowest BCUT2D eigenvalue weighted by Crippen LogP contribution is -1.88. The van der Waals surface area contributed by atoms with Crippen molar-refractivity contribution in [3.8, 4) is 44.5 Å². The Balaban J connectivity index is 0.000000126. The van der Waals surface area contributed by atoms with Crippen LogP contribution in [-0.4, -0.2) is 18.8 Å². The molecular formula is C86H48N4O3S.